The zero-order valence-corrected chi connectivity index (χ0v) is 21.0. The topological polar surface area (TPSA) is 111 Å². The number of aryl methyl sites for hydroxylation is 1. The summed E-state index contributed by atoms with van der Waals surface area (Å²) < 4.78 is 0. The molecule has 9 nitrogen and oxygen atoms in total. The minimum atomic E-state index is -0.718. The average molecular weight is 505 g/mol. The molecule has 192 valence electrons. The van der Waals surface area contributed by atoms with Crippen LogP contribution in [0.15, 0.2) is 35.4 Å². The predicted octanol–water partition coefficient (Wildman–Crippen LogP) is 1.36. The second-order valence-corrected chi connectivity index (χ2v) is 9.67. The van der Waals surface area contributed by atoms with Gasteiger partial charge in [0.25, 0.3) is 0 Å². The summed E-state index contributed by atoms with van der Waals surface area (Å²) in [6.45, 7) is 2.87. The number of nitrogens with one attached hydrogen (secondary N) is 1. The molecule has 3 aliphatic rings. The number of piperazine rings is 1. The molecule has 0 bridgehead atoms. The van der Waals surface area contributed by atoms with E-state index < -0.39 is 6.04 Å². The van der Waals surface area contributed by atoms with Gasteiger partial charge >= 0.3 is 0 Å². The largest absolute Gasteiger partial charge is 0.361 e. The molecule has 0 aromatic heterocycles. The average Bonchev–Trinajstić information content (AvgIpc) is 3.68. The normalized spacial score (nSPS) is 22.9. The van der Waals surface area contributed by atoms with Crippen molar-refractivity contribution in [1.29, 1.82) is 0 Å². The van der Waals surface area contributed by atoms with Crippen molar-refractivity contribution in [2.75, 3.05) is 32.7 Å². The molecule has 3 fully saturated rings. The minimum absolute atomic E-state index is 0. The third kappa shape index (κ3) is 7.34. The Hall–Kier alpha value is -2.81. The van der Waals surface area contributed by atoms with E-state index >= 15 is 0 Å². The summed E-state index contributed by atoms with van der Waals surface area (Å²) in [5.74, 6) is 5.26. The molecular weight excluding hydrogens is 468 g/mol. The summed E-state index contributed by atoms with van der Waals surface area (Å²) in [7, 11) is 0. The van der Waals surface area contributed by atoms with Crippen LogP contribution in [0.1, 0.15) is 44.1 Å². The van der Waals surface area contributed by atoms with Crippen molar-refractivity contribution in [1.82, 2.24) is 20.0 Å². The zero-order chi connectivity index (χ0) is 23.9. The van der Waals surface area contributed by atoms with E-state index in [0.29, 0.717) is 19.0 Å². The van der Waals surface area contributed by atoms with Gasteiger partial charge < -0.3 is 25.9 Å². The molecule has 4 rings (SSSR count). The first kappa shape index (κ1) is 26.8. The number of amides is 3. The molecule has 0 radical (unpaired) electrons. The number of hydrogen-bond acceptors (Lipinski definition) is 5. The standard InChI is InChI=1S/C25H36N6O3.ClH/c26-28-18-29-12-4-9-20(16-29)15-27-23(32)14-22-25(34)31(21-10-11-21)17-24(33)30(22)13-5-8-19-6-2-1-3-7-19;/h1-3,6-7,18,20-22H,4-5,8-17,26H2,(H,27,32);1H/t20-,22-;/m0./s1. The number of hydrogen-bond donors (Lipinski definition) is 2. The Morgan fingerprint density at radius 1 is 1.17 bits per heavy atom. The van der Waals surface area contributed by atoms with Crippen LogP contribution in [0.5, 0.6) is 0 Å². The van der Waals surface area contributed by atoms with Gasteiger partial charge in [0.1, 0.15) is 18.9 Å². The highest BCUT2D eigenvalue weighted by molar-refractivity contribution is 5.97. The molecule has 35 heavy (non-hydrogen) atoms. The Morgan fingerprint density at radius 3 is 2.66 bits per heavy atom. The van der Waals surface area contributed by atoms with Crippen LogP contribution in [0.2, 0.25) is 0 Å². The maximum atomic E-state index is 13.3. The number of likely N-dealkylation sites (tertiary alicyclic amines) is 1. The molecule has 1 aromatic carbocycles. The van der Waals surface area contributed by atoms with Crippen molar-refractivity contribution in [3.63, 3.8) is 0 Å². The number of hydrazone groups is 1. The van der Waals surface area contributed by atoms with E-state index in [-0.39, 0.29) is 49.1 Å². The van der Waals surface area contributed by atoms with Crippen LogP contribution < -0.4 is 11.2 Å². The van der Waals surface area contributed by atoms with Crippen molar-refractivity contribution in [3.8, 4) is 0 Å². The van der Waals surface area contributed by atoms with Crippen molar-refractivity contribution in [2.24, 2.45) is 16.9 Å². The number of nitrogens with zero attached hydrogens (tertiary/aromatic N) is 4. The quantitative estimate of drug-likeness (QED) is 0.216. The monoisotopic (exact) mass is 504 g/mol. The first-order valence-electron chi connectivity index (χ1n) is 12.4. The third-order valence-corrected chi connectivity index (χ3v) is 7.01. The van der Waals surface area contributed by atoms with Gasteiger partial charge in [-0.25, -0.2) is 0 Å². The maximum absolute atomic E-state index is 13.3. The number of rotatable bonds is 10. The van der Waals surface area contributed by atoms with Crippen molar-refractivity contribution in [3.05, 3.63) is 35.9 Å². The van der Waals surface area contributed by atoms with E-state index in [0.717, 1.165) is 51.6 Å². The SMILES string of the molecule is Cl.NN=CN1CCC[C@@H](CNC(=O)C[C@H]2C(=O)N(C3CC3)CC(=O)N2CCCc2ccccc2)C1. The van der Waals surface area contributed by atoms with E-state index in [1.54, 1.807) is 16.1 Å². The van der Waals surface area contributed by atoms with Crippen LogP contribution in [-0.4, -0.2) is 83.6 Å². The molecular formula is C25H37ClN6O3. The van der Waals surface area contributed by atoms with E-state index in [1.165, 1.54) is 5.56 Å². The summed E-state index contributed by atoms with van der Waals surface area (Å²) in [5, 5.41) is 6.60. The van der Waals surface area contributed by atoms with Gasteiger partial charge in [0.15, 0.2) is 0 Å². The van der Waals surface area contributed by atoms with Crippen LogP contribution in [0.3, 0.4) is 0 Å². The lowest BCUT2D eigenvalue weighted by Gasteiger charge is -2.40. The smallest absolute Gasteiger partial charge is 0.246 e. The molecule has 10 heteroatoms. The van der Waals surface area contributed by atoms with Crippen LogP contribution in [0, 0.1) is 5.92 Å². The van der Waals surface area contributed by atoms with Gasteiger partial charge in [0.05, 0.1) is 6.42 Å². The van der Waals surface area contributed by atoms with E-state index in [9.17, 15) is 14.4 Å². The molecule has 1 aliphatic carbocycles. The molecule has 3 N–H and O–H groups in total. The Labute approximate surface area is 213 Å². The number of nitrogens with two attached hydrogens (primary N) is 1. The summed E-state index contributed by atoms with van der Waals surface area (Å²) in [6, 6.07) is 9.55. The predicted molar refractivity (Wildman–Crippen MR) is 137 cm³/mol. The first-order chi connectivity index (χ1) is 16.5. The fourth-order valence-electron chi connectivity index (χ4n) is 5.05. The lowest BCUT2D eigenvalue weighted by molar-refractivity contribution is -0.157. The van der Waals surface area contributed by atoms with Gasteiger partial charge in [-0.15, -0.1) is 12.4 Å². The fraction of sp³-hybridized carbons (Fsp3) is 0.600. The molecule has 0 unspecified atom stereocenters. The Bertz CT molecular complexity index is 894. The summed E-state index contributed by atoms with van der Waals surface area (Å²) in [4.78, 5) is 44.5. The number of carbonyl (C=O) groups excluding carboxylic acids is 3. The molecule has 2 atom stereocenters. The van der Waals surface area contributed by atoms with Gasteiger partial charge in [0.2, 0.25) is 17.7 Å². The van der Waals surface area contributed by atoms with Crippen LogP contribution in [-0.2, 0) is 20.8 Å². The molecule has 1 saturated carbocycles. The van der Waals surface area contributed by atoms with Crippen molar-refractivity contribution < 1.29 is 14.4 Å². The lowest BCUT2D eigenvalue weighted by atomic mass is 9.98. The van der Waals surface area contributed by atoms with Gasteiger partial charge in [-0.3, -0.25) is 14.4 Å². The molecule has 1 aromatic rings. The Kier molecular flexibility index (Phi) is 9.77. The van der Waals surface area contributed by atoms with Gasteiger partial charge in [-0.05, 0) is 50.0 Å². The van der Waals surface area contributed by atoms with Crippen LogP contribution in [0.4, 0.5) is 0 Å². The summed E-state index contributed by atoms with van der Waals surface area (Å²) in [5.41, 5.74) is 1.20. The third-order valence-electron chi connectivity index (χ3n) is 7.01. The molecule has 2 saturated heterocycles. The molecule has 2 heterocycles. The minimum Gasteiger partial charge on any atom is -0.361 e. The van der Waals surface area contributed by atoms with Gasteiger partial charge in [-0.2, -0.15) is 5.10 Å². The van der Waals surface area contributed by atoms with Crippen molar-refractivity contribution >= 4 is 36.5 Å². The first-order valence-corrected chi connectivity index (χ1v) is 12.4. The van der Waals surface area contributed by atoms with Crippen LogP contribution >= 0.6 is 12.4 Å². The van der Waals surface area contributed by atoms with Gasteiger partial charge in [-0.1, -0.05) is 30.3 Å². The number of carbonyl (C=O) groups is 3. The fourth-order valence-corrected chi connectivity index (χ4v) is 5.05. The number of benzene rings is 1. The maximum Gasteiger partial charge on any atom is 0.246 e. The number of piperidine rings is 1. The van der Waals surface area contributed by atoms with E-state index in [1.807, 2.05) is 18.2 Å². The summed E-state index contributed by atoms with van der Waals surface area (Å²) in [6.07, 6.45) is 7.16. The second-order valence-electron chi connectivity index (χ2n) is 9.67. The number of halogens is 1. The second kappa shape index (κ2) is 12.8. The highest BCUT2D eigenvalue weighted by atomic mass is 35.5. The Balaban J connectivity index is 0.00000342. The lowest BCUT2D eigenvalue weighted by Crippen LogP contribution is -2.61. The molecule has 2 aliphatic heterocycles. The highest BCUT2D eigenvalue weighted by Gasteiger charge is 2.45. The molecule has 3 amide bonds. The van der Waals surface area contributed by atoms with E-state index in [2.05, 4.69) is 27.5 Å². The molecule has 0 spiro atoms. The Morgan fingerprint density at radius 2 is 1.94 bits per heavy atom. The summed E-state index contributed by atoms with van der Waals surface area (Å²) >= 11 is 0. The highest BCUT2D eigenvalue weighted by Crippen LogP contribution is 2.31. The van der Waals surface area contributed by atoms with Gasteiger partial charge in [0, 0.05) is 32.2 Å². The van der Waals surface area contributed by atoms with Crippen molar-refractivity contribution in [2.45, 2.75) is 57.0 Å². The van der Waals surface area contributed by atoms with E-state index in [4.69, 9.17) is 5.84 Å². The van der Waals surface area contributed by atoms with Crippen LogP contribution in [0.25, 0.3) is 0 Å². The zero-order valence-electron chi connectivity index (χ0n) is 20.2.